The highest BCUT2D eigenvalue weighted by Gasteiger charge is 2.11. The van der Waals surface area contributed by atoms with Crippen molar-refractivity contribution >= 4 is 0 Å². The van der Waals surface area contributed by atoms with Crippen molar-refractivity contribution in [2.45, 2.75) is 52.5 Å². The highest BCUT2D eigenvalue weighted by Crippen LogP contribution is 2.23. The molecule has 0 aliphatic carbocycles. The van der Waals surface area contributed by atoms with Crippen molar-refractivity contribution in [3.8, 4) is 5.75 Å². The van der Waals surface area contributed by atoms with E-state index in [1.165, 1.54) is 25.7 Å². The molecule has 2 N–H and O–H groups in total. The molecule has 1 aromatic carbocycles. The number of hydrogen-bond acceptors (Lipinski definition) is 2. The topological polar surface area (TPSA) is 32.3 Å². The lowest BCUT2D eigenvalue weighted by molar-refractivity contribution is 0.391. The predicted octanol–water partition coefficient (Wildman–Crippen LogP) is 4.26. The minimum absolute atomic E-state index is 0.210. The number of para-hydroxylation sites is 1. The fraction of sp³-hybridized carbons (Fsp3) is 0.625. The second kappa shape index (κ2) is 8.15. The van der Waals surface area contributed by atoms with Gasteiger partial charge in [-0.15, -0.1) is 0 Å². The van der Waals surface area contributed by atoms with Crippen LogP contribution in [0.15, 0.2) is 24.3 Å². The van der Waals surface area contributed by atoms with Crippen LogP contribution in [-0.2, 0) is 0 Å². The molecule has 1 rings (SSSR count). The zero-order valence-electron chi connectivity index (χ0n) is 11.9. The van der Waals surface area contributed by atoms with Gasteiger partial charge in [0.05, 0.1) is 0 Å². The average molecular weight is 249 g/mol. The van der Waals surface area contributed by atoms with Crippen LogP contribution in [0.3, 0.4) is 0 Å². The Bertz CT molecular complexity index is 338. The fourth-order valence-corrected chi connectivity index (χ4v) is 2.25. The highest BCUT2D eigenvalue weighted by atomic mass is 16.3. The van der Waals surface area contributed by atoms with Gasteiger partial charge in [0.2, 0.25) is 0 Å². The van der Waals surface area contributed by atoms with E-state index in [-0.39, 0.29) is 6.04 Å². The molecule has 0 heterocycles. The van der Waals surface area contributed by atoms with Gasteiger partial charge < -0.3 is 10.4 Å². The van der Waals surface area contributed by atoms with Gasteiger partial charge in [-0.1, -0.05) is 51.3 Å². The van der Waals surface area contributed by atoms with Gasteiger partial charge >= 0.3 is 0 Å². The normalized spacial score (nSPS) is 14.4. The minimum Gasteiger partial charge on any atom is -0.508 e. The quantitative estimate of drug-likeness (QED) is 0.721. The summed E-state index contributed by atoms with van der Waals surface area (Å²) in [7, 11) is 0. The molecule has 0 amide bonds. The predicted molar refractivity (Wildman–Crippen MR) is 77.8 cm³/mol. The standard InChI is InChI=1S/C16H27NO/c1-4-6-9-14(5-2)12-17-13(3)15-10-7-8-11-16(15)18/h7-8,10-11,13-14,17-18H,4-6,9,12H2,1-3H3. The first-order valence-electron chi connectivity index (χ1n) is 7.20. The maximum Gasteiger partial charge on any atom is 0.120 e. The second-order valence-electron chi connectivity index (χ2n) is 5.11. The maximum atomic E-state index is 9.80. The zero-order valence-corrected chi connectivity index (χ0v) is 11.9. The van der Waals surface area contributed by atoms with Crippen molar-refractivity contribution < 1.29 is 5.11 Å². The summed E-state index contributed by atoms with van der Waals surface area (Å²) < 4.78 is 0. The summed E-state index contributed by atoms with van der Waals surface area (Å²) in [6.07, 6.45) is 5.10. The van der Waals surface area contributed by atoms with Gasteiger partial charge in [-0.05, 0) is 31.9 Å². The lowest BCUT2D eigenvalue weighted by Crippen LogP contribution is -2.25. The fourth-order valence-electron chi connectivity index (χ4n) is 2.25. The van der Waals surface area contributed by atoms with Crippen LogP contribution in [0.25, 0.3) is 0 Å². The lowest BCUT2D eigenvalue weighted by atomic mass is 9.98. The molecular formula is C16H27NO. The van der Waals surface area contributed by atoms with Crippen LogP contribution >= 0.6 is 0 Å². The smallest absolute Gasteiger partial charge is 0.120 e. The highest BCUT2D eigenvalue weighted by molar-refractivity contribution is 5.34. The number of unbranched alkanes of at least 4 members (excludes halogenated alkanes) is 1. The Labute approximate surface area is 111 Å². The van der Waals surface area contributed by atoms with E-state index in [0.717, 1.165) is 18.0 Å². The molecule has 102 valence electrons. The van der Waals surface area contributed by atoms with Gasteiger partial charge in [0.15, 0.2) is 0 Å². The van der Waals surface area contributed by atoms with E-state index < -0.39 is 0 Å². The molecule has 0 fully saturated rings. The third kappa shape index (κ3) is 4.69. The molecule has 2 nitrogen and oxygen atoms in total. The molecule has 0 aliphatic heterocycles. The van der Waals surface area contributed by atoms with E-state index in [9.17, 15) is 5.11 Å². The van der Waals surface area contributed by atoms with Crippen molar-refractivity contribution in [1.82, 2.24) is 5.32 Å². The Morgan fingerprint density at radius 1 is 1.22 bits per heavy atom. The number of phenols is 1. The summed E-state index contributed by atoms with van der Waals surface area (Å²) >= 11 is 0. The number of hydrogen-bond donors (Lipinski definition) is 2. The Morgan fingerprint density at radius 3 is 2.56 bits per heavy atom. The summed E-state index contributed by atoms with van der Waals surface area (Å²) in [6, 6.07) is 7.78. The van der Waals surface area contributed by atoms with Crippen molar-refractivity contribution in [2.75, 3.05) is 6.54 Å². The number of rotatable bonds is 8. The van der Waals surface area contributed by atoms with Gasteiger partial charge in [-0.3, -0.25) is 0 Å². The van der Waals surface area contributed by atoms with Gasteiger partial charge in [-0.2, -0.15) is 0 Å². The molecule has 2 unspecified atom stereocenters. The molecule has 2 heteroatoms. The Kier molecular flexibility index (Phi) is 6.81. The molecular weight excluding hydrogens is 222 g/mol. The van der Waals surface area contributed by atoms with Gasteiger partial charge in [0.25, 0.3) is 0 Å². The van der Waals surface area contributed by atoms with Gasteiger partial charge in [0, 0.05) is 11.6 Å². The van der Waals surface area contributed by atoms with Crippen LogP contribution in [0.1, 0.15) is 58.1 Å². The summed E-state index contributed by atoms with van der Waals surface area (Å²) in [5.74, 6) is 1.14. The number of benzene rings is 1. The lowest BCUT2D eigenvalue weighted by Gasteiger charge is -2.20. The van der Waals surface area contributed by atoms with Crippen molar-refractivity contribution in [3.05, 3.63) is 29.8 Å². The van der Waals surface area contributed by atoms with E-state index >= 15 is 0 Å². The monoisotopic (exact) mass is 249 g/mol. The molecule has 1 aromatic rings. The Morgan fingerprint density at radius 2 is 1.94 bits per heavy atom. The van der Waals surface area contributed by atoms with Crippen LogP contribution in [0, 0.1) is 5.92 Å². The molecule has 18 heavy (non-hydrogen) atoms. The van der Waals surface area contributed by atoms with E-state index in [4.69, 9.17) is 0 Å². The van der Waals surface area contributed by atoms with Gasteiger partial charge in [-0.25, -0.2) is 0 Å². The molecule has 0 aromatic heterocycles. The number of nitrogens with one attached hydrogen (secondary N) is 1. The first-order valence-corrected chi connectivity index (χ1v) is 7.20. The number of phenolic OH excluding ortho intramolecular Hbond substituents is 1. The van der Waals surface area contributed by atoms with E-state index in [1.807, 2.05) is 18.2 Å². The van der Waals surface area contributed by atoms with Crippen LogP contribution in [0.5, 0.6) is 5.75 Å². The molecule has 2 atom stereocenters. The molecule has 0 bridgehead atoms. The SMILES string of the molecule is CCCCC(CC)CNC(C)c1ccccc1O. The minimum atomic E-state index is 0.210. The van der Waals surface area contributed by atoms with Crippen LogP contribution < -0.4 is 5.32 Å². The molecule has 0 aliphatic rings. The average Bonchev–Trinajstić information content (AvgIpc) is 2.39. The van der Waals surface area contributed by atoms with E-state index in [1.54, 1.807) is 6.07 Å². The van der Waals surface area contributed by atoms with Crippen molar-refractivity contribution in [1.29, 1.82) is 0 Å². The van der Waals surface area contributed by atoms with Crippen molar-refractivity contribution in [2.24, 2.45) is 5.92 Å². The molecule has 0 radical (unpaired) electrons. The van der Waals surface area contributed by atoms with Crippen LogP contribution in [-0.4, -0.2) is 11.7 Å². The Balaban J connectivity index is 2.44. The van der Waals surface area contributed by atoms with Crippen LogP contribution in [0.4, 0.5) is 0 Å². The molecule has 0 saturated carbocycles. The summed E-state index contributed by atoms with van der Waals surface area (Å²) in [6.45, 7) is 7.64. The summed E-state index contributed by atoms with van der Waals surface area (Å²) in [5.41, 5.74) is 0.989. The summed E-state index contributed by atoms with van der Waals surface area (Å²) in [4.78, 5) is 0. The second-order valence-corrected chi connectivity index (χ2v) is 5.11. The third-order valence-electron chi connectivity index (χ3n) is 3.66. The number of aromatic hydroxyl groups is 1. The Hall–Kier alpha value is -1.02. The van der Waals surface area contributed by atoms with Crippen molar-refractivity contribution in [3.63, 3.8) is 0 Å². The van der Waals surface area contributed by atoms with Crippen LogP contribution in [0.2, 0.25) is 0 Å². The largest absolute Gasteiger partial charge is 0.508 e. The first-order chi connectivity index (χ1) is 8.69. The third-order valence-corrected chi connectivity index (χ3v) is 3.66. The van der Waals surface area contributed by atoms with E-state index in [0.29, 0.717) is 5.75 Å². The first kappa shape index (κ1) is 15.0. The van der Waals surface area contributed by atoms with E-state index in [2.05, 4.69) is 26.1 Å². The summed E-state index contributed by atoms with van der Waals surface area (Å²) in [5, 5.41) is 13.3. The zero-order chi connectivity index (χ0) is 13.4. The maximum absolute atomic E-state index is 9.80. The van der Waals surface area contributed by atoms with Gasteiger partial charge in [0.1, 0.15) is 5.75 Å². The molecule has 0 spiro atoms. The molecule has 0 saturated heterocycles.